The lowest BCUT2D eigenvalue weighted by molar-refractivity contribution is -0.138. The molecule has 3 aromatic rings. The Morgan fingerprint density at radius 1 is 1.00 bits per heavy atom. The number of nitrogens with zero attached hydrogens (tertiary/aromatic N) is 1. The maximum Gasteiger partial charge on any atom is 0.416 e. The standard InChI is InChI=1S/C20H14Cl2F3NO2S3.C5H11N/c1-11-9-12(5-7-14(11)20(23,24)25)26-31(27,28)18-8-6-13(10-17(18)29)30-19-15(21)3-2-4-16(19)22;1-6-4-2-3-5-6/h2-10,26,29H,1H3;2-5H2,1H3. The van der Waals surface area contributed by atoms with Crippen LogP contribution in [0.5, 0.6) is 0 Å². The van der Waals surface area contributed by atoms with Gasteiger partial charge in [0.15, 0.2) is 0 Å². The van der Waals surface area contributed by atoms with E-state index in [-0.39, 0.29) is 21.0 Å². The fourth-order valence-electron chi connectivity index (χ4n) is 3.62. The second-order valence-electron chi connectivity index (χ2n) is 8.43. The van der Waals surface area contributed by atoms with Crippen molar-refractivity contribution in [1.29, 1.82) is 0 Å². The van der Waals surface area contributed by atoms with Gasteiger partial charge in [0.05, 0.1) is 15.6 Å². The molecule has 0 bridgehead atoms. The van der Waals surface area contributed by atoms with Crippen LogP contribution < -0.4 is 4.72 Å². The summed E-state index contributed by atoms with van der Waals surface area (Å²) in [4.78, 5) is 3.67. The molecule has 0 aromatic heterocycles. The van der Waals surface area contributed by atoms with Gasteiger partial charge in [-0.15, -0.1) is 12.6 Å². The van der Waals surface area contributed by atoms with Crippen LogP contribution >= 0.6 is 47.6 Å². The summed E-state index contributed by atoms with van der Waals surface area (Å²) in [6.07, 6.45) is -1.69. The minimum Gasteiger partial charge on any atom is -0.306 e. The fraction of sp³-hybridized carbons (Fsp3) is 0.280. The summed E-state index contributed by atoms with van der Waals surface area (Å²) in [6.45, 7) is 3.90. The first-order valence-electron chi connectivity index (χ1n) is 11.1. The Bertz CT molecular complexity index is 1340. The Morgan fingerprint density at radius 3 is 2.11 bits per heavy atom. The SMILES string of the molecule is CN1CCCC1.Cc1cc(NS(=O)(=O)c2ccc(Sc3c(Cl)cccc3Cl)cc2S)ccc1C(F)(F)F. The Labute approximate surface area is 235 Å². The summed E-state index contributed by atoms with van der Waals surface area (Å²) >= 11 is 17.9. The topological polar surface area (TPSA) is 49.4 Å². The number of benzene rings is 3. The van der Waals surface area contributed by atoms with Crippen LogP contribution in [0.3, 0.4) is 0 Å². The number of halogens is 5. The molecule has 0 unspecified atom stereocenters. The van der Waals surface area contributed by atoms with E-state index in [2.05, 4.69) is 29.3 Å². The third-order valence-electron chi connectivity index (χ3n) is 5.47. The highest BCUT2D eigenvalue weighted by molar-refractivity contribution is 7.99. The molecule has 12 heteroatoms. The number of hydrogen-bond acceptors (Lipinski definition) is 5. The Hall–Kier alpha value is -1.56. The summed E-state index contributed by atoms with van der Waals surface area (Å²) in [7, 11) is -1.91. The second kappa shape index (κ2) is 12.5. The Morgan fingerprint density at radius 2 is 1.62 bits per heavy atom. The summed E-state index contributed by atoms with van der Waals surface area (Å²) in [5.41, 5.74) is -0.911. The van der Waals surface area contributed by atoms with Crippen LogP contribution in [0.2, 0.25) is 10.0 Å². The van der Waals surface area contributed by atoms with Gasteiger partial charge in [-0.1, -0.05) is 41.0 Å². The highest BCUT2D eigenvalue weighted by Gasteiger charge is 2.32. The first-order valence-corrected chi connectivity index (χ1v) is 14.6. The van der Waals surface area contributed by atoms with Gasteiger partial charge in [0, 0.05) is 20.4 Å². The van der Waals surface area contributed by atoms with E-state index in [1.54, 1.807) is 30.3 Å². The Kier molecular flexibility index (Phi) is 10.2. The summed E-state index contributed by atoms with van der Waals surface area (Å²) in [6, 6.07) is 12.6. The molecule has 1 saturated heterocycles. The number of anilines is 1. The molecule has 0 radical (unpaired) electrons. The van der Waals surface area contributed by atoms with Crippen LogP contribution in [0.25, 0.3) is 0 Å². The number of nitrogens with one attached hydrogen (secondary N) is 1. The van der Waals surface area contributed by atoms with E-state index in [4.69, 9.17) is 23.2 Å². The third kappa shape index (κ3) is 8.21. The van der Waals surface area contributed by atoms with Crippen molar-refractivity contribution in [1.82, 2.24) is 4.90 Å². The molecule has 1 heterocycles. The number of likely N-dealkylation sites (tertiary alicyclic amines) is 1. The average molecular weight is 610 g/mol. The number of sulfonamides is 1. The lowest BCUT2D eigenvalue weighted by Crippen LogP contribution is -2.14. The van der Waals surface area contributed by atoms with Gasteiger partial charge in [0.25, 0.3) is 10.0 Å². The van der Waals surface area contributed by atoms with Crippen molar-refractivity contribution in [2.75, 3.05) is 24.9 Å². The van der Waals surface area contributed by atoms with Crippen LogP contribution in [0.15, 0.2) is 74.2 Å². The maximum absolute atomic E-state index is 12.9. The van der Waals surface area contributed by atoms with Crippen LogP contribution in [0.1, 0.15) is 24.0 Å². The molecule has 4 rings (SSSR count). The van der Waals surface area contributed by atoms with E-state index in [1.165, 1.54) is 50.7 Å². The molecule has 4 nitrogen and oxygen atoms in total. The van der Waals surface area contributed by atoms with Crippen molar-refractivity contribution in [2.45, 2.75) is 45.5 Å². The minimum absolute atomic E-state index is 0.0135. The van der Waals surface area contributed by atoms with Gasteiger partial charge in [-0.2, -0.15) is 13.2 Å². The first kappa shape index (κ1) is 30.0. The van der Waals surface area contributed by atoms with Gasteiger partial charge in [-0.25, -0.2) is 8.42 Å². The molecule has 1 aliphatic heterocycles. The zero-order chi connectivity index (χ0) is 27.4. The number of thiol groups is 1. The van der Waals surface area contributed by atoms with Gasteiger partial charge in [-0.05, 0) is 94.0 Å². The third-order valence-corrected chi connectivity index (χ3v) is 9.42. The molecule has 0 amide bonds. The molecule has 200 valence electrons. The maximum atomic E-state index is 12.9. The predicted molar refractivity (Wildman–Crippen MR) is 148 cm³/mol. The molecule has 0 aliphatic carbocycles. The monoisotopic (exact) mass is 608 g/mol. The smallest absolute Gasteiger partial charge is 0.306 e. The van der Waals surface area contributed by atoms with E-state index in [9.17, 15) is 21.6 Å². The van der Waals surface area contributed by atoms with Crippen LogP contribution in [0, 0.1) is 6.92 Å². The Balaban J connectivity index is 0.000000555. The van der Waals surface area contributed by atoms with E-state index in [1.807, 2.05) is 0 Å². The summed E-state index contributed by atoms with van der Waals surface area (Å²) in [5, 5.41) is 0.906. The highest BCUT2D eigenvalue weighted by Crippen LogP contribution is 2.40. The zero-order valence-corrected chi connectivity index (χ0v) is 24.0. The van der Waals surface area contributed by atoms with Gasteiger partial charge in [0.1, 0.15) is 4.90 Å². The molecule has 1 aliphatic rings. The van der Waals surface area contributed by atoms with Gasteiger partial charge in [0.2, 0.25) is 0 Å². The normalized spacial score (nSPS) is 14.3. The quantitative estimate of drug-likeness (QED) is 0.286. The van der Waals surface area contributed by atoms with E-state index in [0.29, 0.717) is 19.8 Å². The number of aryl methyl sites for hydroxylation is 1. The molecular formula is C25H25Cl2F3N2O2S3. The summed E-state index contributed by atoms with van der Waals surface area (Å²) < 4.78 is 66.6. The lowest BCUT2D eigenvalue weighted by atomic mass is 10.1. The van der Waals surface area contributed by atoms with Crippen molar-refractivity contribution < 1.29 is 21.6 Å². The second-order valence-corrected chi connectivity index (χ2v) is 12.5. The number of alkyl halides is 3. The van der Waals surface area contributed by atoms with Crippen molar-refractivity contribution in [3.05, 3.63) is 75.8 Å². The van der Waals surface area contributed by atoms with Crippen molar-refractivity contribution >= 4 is 63.3 Å². The van der Waals surface area contributed by atoms with Crippen molar-refractivity contribution in [2.24, 2.45) is 0 Å². The van der Waals surface area contributed by atoms with Gasteiger partial charge < -0.3 is 4.90 Å². The molecule has 0 spiro atoms. The van der Waals surface area contributed by atoms with Gasteiger partial charge in [-0.3, -0.25) is 4.72 Å². The largest absolute Gasteiger partial charge is 0.416 e. The molecular weight excluding hydrogens is 584 g/mol. The fourth-order valence-corrected chi connectivity index (χ4v) is 6.92. The molecule has 3 aromatic carbocycles. The number of rotatable bonds is 5. The zero-order valence-electron chi connectivity index (χ0n) is 19.9. The van der Waals surface area contributed by atoms with E-state index in [0.717, 1.165) is 18.2 Å². The summed E-state index contributed by atoms with van der Waals surface area (Å²) in [5.74, 6) is 0. The van der Waals surface area contributed by atoms with E-state index >= 15 is 0 Å². The molecule has 1 N–H and O–H groups in total. The molecule has 1 fully saturated rings. The molecule has 0 atom stereocenters. The molecule has 37 heavy (non-hydrogen) atoms. The molecule has 0 saturated carbocycles. The van der Waals surface area contributed by atoms with E-state index < -0.39 is 21.8 Å². The van der Waals surface area contributed by atoms with Crippen LogP contribution in [-0.2, 0) is 16.2 Å². The van der Waals surface area contributed by atoms with Crippen LogP contribution in [-0.4, -0.2) is 33.5 Å². The van der Waals surface area contributed by atoms with Crippen LogP contribution in [0.4, 0.5) is 18.9 Å². The minimum atomic E-state index is -4.52. The van der Waals surface area contributed by atoms with Crippen molar-refractivity contribution in [3.63, 3.8) is 0 Å². The van der Waals surface area contributed by atoms with Gasteiger partial charge >= 0.3 is 6.18 Å². The number of hydrogen-bond donors (Lipinski definition) is 2. The highest BCUT2D eigenvalue weighted by atomic mass is 35.5. The van der Waals surface area contributed by atoms with Crippen molar-refractivity contribution in [3.8, 4) is 0 Å². The first-order chi connectivity index (χ1) is 17.3. The lowest BCUT2D eigenvalue weighted by Gasteiger charge is -2.14. The average Bonchev–Trinajstić information content (AvgIpc) is 3.26. The predicted octanol–water partition coefficient (Wildman–Crippen LogP) is 8.27.